The lowest BCUT2D eigenvalue weighted by Gasteiger charge is -2.51. The van der Waals surface area contributed by atoms with Crippen molar-refractivity contribution in [3.63, 3.8) is 0 Å². The first-order valence-electron chi connectivity index (χ1n) is 9.50. The van der Waals surface area contributed by atoms with E-state index < -0.39 is 0 Å². The van der Waals surface area contributed by atoms with E-state index in [0.717, 1.165) is 31.5 Å². The molecule has 23 heavy (non-hydrogen) atoms. The molecule has 0 aromatic carbocycles. The number of aryl methyl sites for hydroxylation is 1. The summed E-state index contributed by atoms with van der Waals surface area (Å²) in [6.07, 6.45) is 7.64. The summed E-state index contributed by atoms with van der Waals surface area (Å²) < 4.78 is 2.40. The third-order valence-corrected chi connectivity index (χ3v) is 6.27. The molecule has 3 aliphatic heterocycles. The molecular formula is C18H31N5. The van der Waals surface area contributed by atoms with Gasteiger partial charge in [0.05, 0.1) is 6.54 Å². The first-order valence-corrected chi connectivity index (χ1v) is 9.50. The molecule has 0 saturated carbocycles. The molecule has 1 aromatic heterocycles. The molecule has 1 aromatic rings. The zero-order chi connectivity index (χ0) is 15.9. The third kappa shape index (κ3) is 3.05. The Morgan fingerprint density at radius 1 is 1.09 bits per heavy atom. The molecule has 2 saturated heterocycles. The first kappa shape index (κ1) is 15.6. The van der Waals surface area contributed by atoms with Crippen LogP contribution in [0.5, 0.6) is 0 Å². The van der Waals surface area contributed by atoms with Crippen molar-refractivity contribution in [1.82, 2.24) is 25.0 Å². The Balaban J connectivity index is 1.34. The summed E-state index contributed by atoms with van der Waals surface area (Å²) in [6, 6.07) is 0.731. The summed E-state index contributed by atoms with van der Waals surface area (Å²) in [5.74, 6) is 3.26. The standard InChI is InChI=1S/C18H31N5/c1-18(2)13-19-17(18)14-7-10-22(11-8-14)12-16-21-20-15-6-4-3-5-9-23(15)16/h14,17,19H,3-13H2,1-2H3. The van der Waals surface area contributed by atoms with Gasteiger partial charge in [-0.25, -0.2) is 0 Å². The summed E-state index contributed by atoms with van der Waals surface area (Å²) >= 11 is 0. The van der Waals surface area contributed by atoms with Crippen LogP contribution in [-0.2, 0) is 19.5 Å². The van der Waals surface area contributed by atoms with Gasteiger partial charge < -0.3 is 9.88 Å². The van der Waals surface area contributed by atoms with E-state index in [1.54, 1.807) is 0 Å². The van der Waals surface area contributed by atoms with E-state index in [1.165, 1.54) is 63.4 Å². The fourth-order valence-electron chi connectivity index (χ4n) is 4.74. The Morgan fingerprint density at radius 2 is 1.91 bits per heavy atom. The van der Waals surface area contributed by atoms with E-state index in [2.05, 4.69) is 38.8 Å². The molecule has 1 unspecified atom stereocenters. The van der Waals surface area contributed by atoms with E-state index in [0.29, 0.717) is 5.41 Å². The zero-order valence-electron chi connectivity index (χ0n) is 14.7. The minimum atomic E-state index is 0.497. The predicted octanol–water partition coefficient (Wildman–Crippen LogP) is 2.21. The molecule has 4 rings (SSSR count). The Hall–Kier alpha value is -0.940. The Morgan fingerprint density at radius 3 is 2.61 bits per heavy atom. The second-order valence-corrected chi connectivity index (χ2v) is 8.46. The van der Waals surface area contributed by atoms with Crippen LogP contribution in [0.4, 0.5) is 0 Å². The molecular weight excluding hydrogens is 286 g/mol. The number of nitrogens with one attached hydrogen (secondary N) is 1. The largest absolute Gasteiger partial charge is 0.314 e. The van der Waals surface area contributed by atoms with E-state index in [4.69, 9.17) is 0 Å². The zero-order valence-corrected chi connectivity index (χ0v) is 14.7. The number of piperidine rings is 1. The van der Waals surface area contributed by atoms with Gasteiger partial charge in [-0.05, 0) is 50.1 Å². The fraction of sp³-hybridized carbons (Fsp3) is 0.889. The van der Waals surface area contributed by atoms with Gasteiger partial charge in [-0.1, -0.05) is 20.3 Å². The average molecular weight is 317 g/mol. The molecule has 0 radical (unpaired) electrons. The highest BCUT2D eigenvalue weighted by atomic mass is 15.3. The van der Waals surface area contributed by atoms with Crippen molar-refractivity contribution in [2.75, 3.05) is 19.6 Å². The molecule has 0 spiro atoms. The molecule has 1 atom stereocenters. The molecule has 4 heterocycles. The number of nitrogens with zero attached hydrogens (tertiary/aromatic N) is 4. The van der Waals surface area contributed by atoms with Gasteiger partial charge in [-0.15, -0.1) is 10.2 Å². The summed E-state index contributed by atoms with van der Waals surface area (Å²) in [5.41, 5.74) is 0.497. The molecule has 0 aliphatic carbocycles. The van der Waals surface area contributed by atoms with Crippen molar-refractivity contribution in [3.05, 3.63) is 11.6 Å². The van der Waals surface area contributed by atoms with Gasteiger partial charge >= 0.3 is 0 Å². The summed E-state index contributed by atoms with van der Waals surface area (Å²) in [6.45, 7) is 10.5. The second kappa shape index (κ2) is 6.17. The number of aromatic nitrogens is 3. The number of likely N-dealkylation sites (tertiary alicyclic amines) is 1. The van der Waals surface area contributed by atoms with Crippen molar-refractivity contribution in [3.8, 4) is 0 Å². The van der Waals surface area contributed by atoms with Crippen LogP contribution in [0.25, 0.3) is 0 Å². The van der Waals surface area contributed by atoms with Crippen molar-refractivity contribution in [2.45, 2.75) is 71.5 Å². The van der Waals surface area contributed by atoms with Gasteiger partial charge in [-0.2, -0.15) is 0 Å². The molecule has 3 aliphatic rings. The third-order valence-electron chi connectivity index (χ3n) is 6.27. The smallest absolute Gasteiger partial charge is 0.147 e. The number of hydrogen-bond donors (Lipinski definition) is 1. The summed E-state index contributed by atoms with van der Waals surface area (Å²) in [5, 5.41) is 12.6. The van der Waals surface area contributed by atoms with E-state index in [-0.39, 0.29) is 0 Å². The van der Waals surface area contributed by atoms with Crippen molar-refractivity contribution in [1.29, 1.82) is 0 Å². The molecule has 2 fully saturated rings. The number of hydrogen-bond acceptors (Lipinski definition) is 4. The maximum atomic E-state index is 4.50. The van der Waals surface area contributed by atoms with Crippen LogP contribution >= 0.6 is 0 Å². The minimum Gasteiger partial charge on any atom is -0.314 e. The van der Waals surface area contributed by atoms with E-state index >= 15 is 0 Å². The molecule has 0 amide bonds. The van der Waals surface area contributed by atoms with Gasteiger partial charge in [0.2, 0.25) is 0 Å². The van der Waals surface area contributed by atoms with Crippen LogP contribution in [-0.4, -0.2) is 45.3 Å². The summed E-state index contributed by atoms with van der Waals surface area (Å²) in [7, 11) is 0. The van der Waals surface area contributed by atoms with E-state index in [9.17, 15) is 0 Å². The normalized spacial score (nSPS) is 28.9. The Kier molecular flexibility index (Phi) is 4.18. The van der Waals surface area contributed by atoms with Gasteiger partial charge in [0.1, 0.15) is 11.6 Å². The quantitative estimate of drug-likeness (QED) is 0.928. The molecule has 0 bridgehead atoms. The average Bonchev–Trinajstić information content (AvgIpc) is 2.76. The van der Waals surface area contributed by atoms with E-state index in [1.807, 2.05) is 0 Å². The number of rotatable bonds is 3. The first-order chi connectivity index (χ1) is 11.1. The lowest BCUT2D eigenvalue weighted by atomic mass is 9.68. The Bertz CT molecular complexity index is 542. The Labute approximate surface area is 139 Å². The number of fused-ring (bicyclic) bond motifs is 1. The lowest BCUT2D eigenvalue weighted by molar-refractivity contribution is 0.0375. The van der Waals surface area contributed by atoms with Gasteiger partial charge in [0.25, 0.3) is 0 Å². The molecule has 1 N–H and O–H groups in total. The maximum absolute atomic E-state index is 4.50. The maximum Gasteiger partial charge on any atom is 0.147 e. The van der Waals surface area contributed by atoms with Crippen LogP contribution in [0.1, 0.15) is 57.6 Å². The highest BCUT2D eigenvalue weighted by Gasteiger charge is 2.43. The van der Waals surface area contributed by atoms with Crippen molar-refractivity contribution >= 4 is 0 Å². The predicted molar refractivity (Wildman–Crippen MR) is 91.1 cm³/mol. The molecule has 5 nitrogen and oxygen atoms in total. The van der Waals surface area contributed by atoms with Gasteiger partial charge in [-0.3, -0.25) is 4.90 Å². The highest BCUT2D eigenvalue weighted by molar-refractivity contribution is 5.02. The highest BCUT2D eigenvalue weighted by Crippen LogP contribution is 2.37. The fourth-order valence-corrected chi connectivity index (χ4v) is 4.74. The minimum absolute atomic E-state index is 0.497. The van der Waals surface area contributed by atoms with Crippen LogP contribution in [0.15, 0.2) is 0 Å². The van der Waals surface area contributed by atoms with Crippen LogP contribution in [0, 0.1) is 11.3 Å². The van der Waals surface area contributed by atoms with Crippen LogP contribution in [0.2, 0.25) is 0 Å². The monoisotopic (exact) mass is 317 g/mol. The SMILES string of the molecule is CC1(C)CNC1C1CCN(Cc2nnc3n2CCCCC3)CC1. The molecule has 5 heteroatoms. The van der Waals surface area contributed by atoms with Crippen LogP contribution < -0.4 is 5.32 Å². The van der Waals surface area contributed by atoms with Gasteiger partial charge in [0, 0.05) is 25.6 Å². The van der Waals surface area contributed by atoms with Crippen molar-refractivity contribution < 1.29 is 0 Å². The lowest BCUT2D eigenvalue weighted by Crippen LogP contribution is -2.63. The van der Waals surface area contributed by atoms with Gasteiger partial charge in [0.15, 0.2) is 0 Å². The van der Waals surface area contributed by atoms with Crippen molar-refractivity contribution in [2.24, 2.45) is 11.3 Å². The molecule has 128 valence electrons. The second-order valence-electron chi connectivity index (χ2n) is 8.46. The topological polar surface area (TPSA) is 46.0 Å². The van der Waals surface area contributed by atoms with Crippen LogP contribution in [0.3, 0.4) is 0 Å². The summed E-state index contributed by atoms with van der Waals surface area (Å²) in [4.78, 5) is 2.59.